The van der Waals surface area contributed by atoms with E-state index in [1.54, 1.807) is 27.7 Å². The van der Waals surface area contributed by atoms with Crippen LogP contribution in [0.3, 0.4) is 0 Å². The van der Waals surface area contributed by atoms with E-state index in [9.17, 15) is 24.0 Å². The zero-order valence-electron chi connectivity index (χ0n) is 26.8. The van der Waals surface area contributed by atoms with E-state index in [1.165, 1.54) is 11.3 Å². The first-order valence-electron chi connectivity index (χ1n) is 15.8. The molecule has 3 heterocycles. The molecule has 0 fully saturated rings. The number of hydrogen-bond acceptors (Lipinski definition) is 7. The van der Waals surface area contributed by atoms with Crippen molar-refractivity contribution in [1.82, 2.24) is 35.4 Å². The summed E-state index contributed by atoms with van der Waals surface area (Å²) < 4.78 is 1.56. The maximum Gasteiger partial charge on any atom is 0.326 e. The summed E-state index contributed by atoms with van der Waals surface area (Å²) in [5, 5.41) is 9.64. The summed E-state index contributed by atoms with van der Waals surface area (Å²) in [6.07, 6.45) is 2.26. The number of benzene rings is 1. The molecular weight excluding hydrogens is 594 g/mol. The number of fused-ring (bicyclic) bond motifs is 1. The van der Waals surface area contributed by atoms with Gasteiger partial charge in [-0.15, -0.1) is 11.3 Å². The maximum absolute atomic E-state index is 13.7. The van der Waals surface area contributed by atoms with Gasteiger partial charge in [-0.1, -0.05) is 34.1 Å². The lowest BCUT2D eigenvalue weighted by Gasteiger charge is -2.25. The van der Waals surface area contributed by atoms with Crippen LogP contribution >= 0.6 is 11.3 Å². The van der Waals surface area contributed by atoms with E-state index in [0.717, 1.165) is 5.01 Å². The Morgan fingerprint density at radius 3 is 2.44 bits per heavy atom. The first-order chi connectivity index (χ1) is 21.5. The van der Waals surface area contributed by atoms with Crippen molar-refractivity contribution in [3.8, 4) is 0 Å². The molecule has 45 heavy (non-hydrogen) atoms. The minimum Gasteiger partial charge on any atom is -0.354 e. The number of hydrogen-bond donors (Lipinski definition) is 4. The highest BCUT2D eigenvalue weighted by Gasteiger charge is 2.27. The zero-order chi connectivity index (χ0) is 32.7. The van der Waals surface area contributed by atoms with Crippen molar-refractivity contribution in [2.24, 2.45) is 5.92 Å². The predicted molar refractivity (Wildman–Crippen MR) is 175 cm³/mol. The number of H-pyrrole nitrogens is 1. The van der Waals surface area contributed by atoms with E-state index in [1.807, 2.05) is 34.6 Å². The summed E-state index contributed by atoms with van der Waals surface area (Å²) in [6.45, 7) is 11.5. The zero-order valence-corrected chi connectivity index (χ0v) is 27.6. The molecule has 0 aliphatic carbocycles. The molecule has 13 heteroatoms. The highest BCUT2D eigenvalue weighted by Crippen LogP contribution is 2.26. The van der Waals surface area contributed by atoms with Gasteiger partial charge in [0.15, 0.2) is 0 Å². The van der Waals surface area contributed by atoms with E-state index < -0.39 is 6.04 Å². The molecule has 0 spiro atoms. The monoisotopic (exact) mass is 639 g/mol. The molecule has 0 radical (unpaired) electrons. The molecular formula is C32H45N7O5S. The van der Waals surface area contributed by atoms with Crippen molar-refractivity contribution in [2.75, 3.05) is 26.2 Å². The van der Waals surface area contributed by atoms with Crippen LogP contribution in [0.2, 0.25) is 0 Å². The number of rotatable bonds is 4. The van der Waals surface area contributed by atoms with Crippen LogP contribution in [0.15, 0.2) is 23.0 Å². The first kappa shape index (κ1) is 33.9. The molecule has 4 amide bonds. The third kappa shape index (κ3) is 8.38. The molecule has 3 aromatic rings. The maximum atomic E-state index is 13.7. The molecule has 12 nitrogen and oxygen atoms in total. The Kier molecular flexibility index (Phi) is 11.5. The normalized spacial score (nSPS) is 18.8. The number of thiazole rings is 1. The lowest BCUT2D eigenvalue weighted by atomic mass is 9.98. The molecule has 2 atom stereocenters. The molecule has 2 bridgehead atoms. The molecule has 1 aliphatic rings. The summed E-state index contributed by atoms with van der Waals surface area (Å²) in [5.74, 6) is -0.832. The average Bonchev–Trinajstić information content (AvgIpc) is 3.56. The third-order valence-corrected chi connectivity index (χ3v) is 9.66. The van der Waals surface area contributed by atoms with E-state index in [0.29, 0.717) is 85.6 Å². The highest BCUT2D eigenvalue weighted by molar-refractivity contribution is 7.13. The van der Waals surface area contributed by atoms with Crippen molar-refractivity contribution in [2.45, 2.75) is 85.2 Å². The van der Waals surface area contributed by atoms with Gasteiger partial charge in [0.2, 0.25) is 11.8 Å². The Balaban J connectivity index is 1.57. The van der Waals surface area contributed by atoms with Gasteiger partial charge < -0.3 is 25.8 Å². The lowest BCUT2D eigenvalue weighted by Crippen LogP contribution is -2.50. The van der Waals surface area contributed by atoms with Crippen molar-refractivity contribution >= 4 is 46.0 Å². The topological polar surface area (TPSA) is 158 Å². The number of aromatic amines is 1. The average molecular weight is 640 g/mol. The number of nitrogens with zero attached hydrogens (tertiary/aromatic N) is 3. The van der Waals surface area contributed by atoms with Gasteiger partial charge in [-0.25, -0.2) is 9.78 Å². The molecule has 1 aromatic carbocycles. The van der Waals surface area contributed by atoms with Crippen molar-refractivity contribution in [3.63, 3.8) is 0 Å². The first-order valence-corrected chi connectivity index (χ1v) is 16.7. The van der Waals surface area contributed by atoms with Crippen LogP contribution in [0, 0.1) is 12.8 Å². The SMILES string of the molecule is CC[C@H](C)[C@@H]1NC(=O)CCCN(C(=O)c2sc(C(C)C)nc2C)CCCNC(=O)c2ccc3[nH]c(=O)n(c3c2)CCCNC1=O. The van der Waals surface area contributed by atoms with Gasteiger partial charge in [0.25, 0.3) is 11.8 Å². The summed E-state index contributed by atoms with van der Waals surface area (Å²) in [5.41, 5.74) is 2.03. The summed E-state index contributed by atoms with van der Waals surface area (Å²) in [4.78, 5) is 75.2. The molecule has 0 unspecified atom stereocenters. The van der Waals surface area contributed by atoms with E-state index in [-0.39, 0.29) is 47.6 Å². The Labute approximate surface area is 267 Å². The minimum atomic E-state index is -0.695. The molecule has 4 rings (SSSR count). The third-order valence-electron chi connectivity index (χ3n) is 8.22. The molecule has 2 aromatic heterocycles. The minimum absolute atomic E-state index is 0.0854. The second-order valence-electron chi connectivity index (χ2n) is 12.0. The van der Waals surface area contributed by atoms with Crippen molar-refractivity contribution < 1.29 is 19.2 Å². The van der Waals surface area contributed by atoms with Gasteiger partial charge in [-0.3, -0.25) is 23.7 Å². The second kappa shape index (κ2) is 15.3. The highest BCUT2D eigenvalue weighted by atomic mass is 32.1. The lowest BCUT2D eigenvalue weighted by molar-refractivity contribution is -0.130. The van der Waals surface area contributed by atoms with Crippen molar-refractivity contribution in [1.29, 1.82) is 0 Å². The second-order valence-corrected chi connectivity index (χ2v) is 13.0. The van der Waals surface area contributed by atoms with Gasteiger partial charge in [0, 0.05) is 50.6 Å². The fourth-order valence-electron chi connectivity index (χ4n) is 5.35. The van der Waals surface area contributed by atoms with Crippen LogP contribution in [0.5, 0.6) is 0 Å². The fraction of sp³-hybridized carbons (Fsp3) is 0.562. The molecule has 0 saturated carbocycles. The number of imidazole rings is 1. The van der Waals surface area contributed by atoms with Gasteiger partial charge in [0.05, 0.1) is 21.7 Å². The van der Waals surface area contributed by atoms with Gasteiger partial charge in [-0.2, -0.15) is 0 Å². The molecule has 0 saturated heterocycles. The Morgan fingerprint density at radius 2 is 1.73 bits per heavy atom. The fourth-order valence-corrected chi connectivity index (χ4v) is 6.38. The number of nitrogens with one attached hydrogen (secondary N) is 4. The summed E-state index contributed by atoms with van der Waals surface area (Å²) >= 11 is 1.39. The number of amides is 4. The van der Waals surface area contributed by atoms with Crippen LogP contribution in [0.1, 0.15) is 96.4 Å². The van der Waals surface area contributed by atoms with Crippen LogP contribution < -0.4 is 21.6 Å². The number of carbonyl (C=O) groups is 4. The number of aromatic nitrogens is 3. The summed E-state index contributed by atoms with van der Waals surface area (Å²) in [6, 6.07) is 4.37. The van der Waals surface area contributed by atoms with Crippen molar-refractivity contribution in [3.05, 3.63) is 49.8 Å². The van der Waals surface area contributed by atoms with Gasteiger partial charge in [-0.05, 0) is 50.3 Å². The Hall–Kier alpha value is -4.00. The van der Waals surface area contributed by atoms with Crippen LogP contribution in [0.25, 0.3) is 11.0 Å². The molecule has 244 valence electrons. The largest absolute Gasteiger partial charge is 0.354 e. The van der Waals surface area contributed by atoms with Gasteiger partial charge >= 0.3 is 5.69 Å². The Morgan fingerprint density at radius 1 is 1.02 bits per heavy atom. The standard InChI is InChI=1S/C32H45N7O5S/c1-6-20(4)26-29(42)34-14-9-17-39-24-18-22(11-12-23(24)36-32(39)44)28(41)33-13-8-16-38(15-7-10-25(40)37-26)31(43)27-21(5)35-30(45-27)19(2)3/h11-12,18-20,26H,6-10,13-17H2,1-5H3,(H,33,41)(H,34,42)(H,36,44)(H,37,40)/t20-,26-/m0/s1. The van der Waals surface area contributed by atoms with Crippen LogP contribution in [-0.2, 0) is 16.1 Å². The number of carbonyl (C=O) groups excluding carboxylic acids is 4. The number of aryl methyl sites for hydroxylation is 2. The van der Waals surface area contributed by atoms with Crippen LogP contribution in [0.4, 0.5) is 0 Å². The smallest absolute Gasteiger partial charge is 0.326 e. The quantitative estimate of drug-likeness (QED) is 0.343. The summed E-state index contributed by atoms with van der Waals surface area (Å²) in [7, 11) is 0. The molecule has 4 N–H and O–H groups in total. The van der Waals surface area contributed by atoms with E-state index >= 15 is 0 Å². The van der Waals surface area contributed by atoms with Crippen LogP contribution in [-0.4, -0.2) is 75.3 Å². The van der Waals surface area contributed by atoms with Gasteiger partial charge in [0.1, 0.15) is 10.9 Å². The molecule has 1 aliphatic heterocycles. The Bertz CT molecular complexity index is 1590. The van der Waals surface area contributed by atoms with E-state index in [2.05, 4.69) is 25.9 Å². The predicted octanol–water partition coefficient (Wildman–Crippen LogP) is 3.31. The van der Waals surface area contributed by atoms with E-state index in [4.69, 9.17) is 0 Å².